The number of piperazine rings is 1. The summed E-state index contributed by atoms with van der Waals surface area (Å²) in [4.78, 5) is 21.2. The van der Waals surface area contributed by atoms with Crippen LogP contribution in [-0.2, 0) is 0 Å². The first-order chi connectivity index (χ1) is 11.1. The highest BCUT2D eigenvalue weighted by atomic mass is 35.5. The van der Waals surface area contributed by atoms with Crippen LogP contribution in [0.2, 0.25) is 5.02 Å². The first kappa shape index (κ1) is 16.2. The average molecular weight is 334 g/mol. The molecule has 0 spiro atoms. The van der Waals surface area contributed by atoms with Crippen molar-refractivity contribution in [1.29, 1.82) is 0 Å². The maximum Gasteiger partial charge on any atom is 0.256 e. The molecule has 0 aliphatic carbocycles. The number of fused-ring (bicyclic) bond motifs is 1. The number of hydrogen-bond acceptors (Lipinski definition) is 4. The van der Waals surface area contributed by atoms with E-state index in [1.165, 1.54) is 0 Å². The molecule has 5 nitrogen and oxygen atoms in total. The molecule has 1 aromatic carbocycles. The van der Waals surface area contributed by atoms with Gasteiger partial charge in [-0.2, -0.15) is 0 Å². The second-order valence-electron chi connectivity index (χ2n) is 5.94. The Kier molecular flexibility index (Phi) is 4.80. The fraction of sp³-hybridized carbons (Fsp3) is 0.412. The molecule has 2 heterocycles. The lowest BCUT2D eigenvalue weighted by molar-refractivity contribution is 0.0555. The van der Waals surface area contributed by atoms with Gasteiger partial charge in [-0.25, -0.2) is 0 Å². The zero-order valence-electron chi connectivity index (χ0n) is 13.1. The predicted molar refractivity (Wildman–Crippen MR) is 90.8 cm³/mol. The van der Waals surface area contributed by atoms with Gasteiger partial charge in [-0.15, -0.1) is 0 Å². The molecule has 1 amide bonds. The van der Waals surface area contributed by atoms with Gasteiger partial charge in [0, 0.05) is 44.3 Å². The Balaban J connectivity index is 1.79. The molecule has 1 aliphatic rings. The predicted octanol–water partition coefficient (Wildman–Crippen LogP) is 2.03. The fourth-order valence-electron chi connectivity index (χ4n) is 2.99. The molecule has 0 saturated carbocycles. The summed E-state index contributed by atoms with van der Waals surface area (Å²) >= 11 is 6.19. The van der Waals surface area contributed by atoms with Gasteiger partial charge in [-0.05, 0) is 31.2 Å². The van der Waals surface area contributed by atoms with E-state index in [-0.39, 0.29) is 12.0 Å². The van der Waals surface area contributed by atoms with Crippen LogP contribution in [0.4, 0.5) is 0 Å². The second-order valence-corrected chi connectivity index (χ2v) is 6.34. The molecule has 122 valence electrons. The number of aromatic nitrogens is 1. The number of aliphatic hydroxyl groups is 1. The molecule has 6 heteroatoms. The molecule has 1 N–H and O–H groups in total. The number of benzene rings is 1. The second kappa shape index (κ2) is 6.83. The van der Waals surface area contributed by atoms with Crippen LogP contribution in [0.1, 0.15) is 17.3 Å². The minimum Gasteiger partial charge on any atom is -0.392 e. The lowest BCUT2D eigenvalue weighted by Gasteiger charge is -2.35. The van der Waals surface area contributed by atoms with Crippen LogP contribution in [0.5, 0.6) is 0 Å². The van der Waals surface area contributed by atoms with Crippen molar-refractivity contribution < 1.29 is 9.90 Å². The Morgan fingerprint density at radius 1 is 1.30 bits per heavy atom. The van der Waals surface area contributed by atoms with Gasteiger partial charge >= 0.3 is 0 Å². The molecule has 2 aromatic rings. The van der Waals surface area contributed by atoms with Crippen molar-refractivity contribution in [2.45, 2.75) is 13.0 Å². The zero-order chi connectivity index (χ0) is 16.4. The van der Waals surface area contributed by atoms with Crippen LogP contribution in [0, 0.1) is 0 Å². The summed E-state index contributed by atoms with van der Waals surface area (Å²) in [5.74, 6) is -0.0120. The van der Waals surface area contributed by atoms with E-state index < -0.39 is 0 Å². The number of hydrogen-bond donors (Lipinski definition) is 1. The molecule has 23 heavy (non-hydrogen) atoms. The summed E-state index contributed by atoms with van der Waals surface area (Å²) in [7, 11) is 0. The molecule has 1 atom stereocenters. The van der Waals surface area contributed by atoms with E-state index in [2.05, 4.69) is 9.88 Å². The van der Waals surface area contributed by atoms with Crippen molar-refractivity contribution >= 4 is 28.4 Å². The number of nitrogens with zero attached hydrogens (tertiary/aromatic N) is 3. The summed E-state index contributed by atoms with van der Waals surface area (Å²) in [5.41, 5.74) is 1.24. The highest BCUT2D eigenvalue weighted by Gasteiger charge is 2.24. The summed E-state index contributed by atoms with van der Waals surface area (Å²) in [6.07, 6.45) is 1.33. The third-order valence-electron chi connectivity index (χ3n) is 4.13. The summed E-state index contributed by atoms with van der Waals surface area (Å²) < 4.78 is 0. The van der Waals surface area contributed by atoms with Crippen molar-refractivity contribution in [2.75, 3.05) is 32.7 Å². The monoisotopic (exact) mass is 333 g/mol. The van der Waals surface area contributed by atoms with E-state index >= 15 is 0 Å². The molecule has 3 rings (SSSR count). The van der Waals surface area contributed by atoms with E-state index in [1.54, 1.807) is 25.3 Å². The largest absolute Gasteiger partial charge is 0.392 e. The van der Waals surface area contributed by atoms with Crippen LogP contribution in [0.15, 0.2) is 30.5 Å². The molecule has 1 saturated heterocycles. The van der Waals surface area contributed by atoms with E-state index in [0.717, 1.165) is 18.5 Å². The average Bonchev–Trinajstić information content (AvgIpc) is 2.55. The van der Waals surface area contributed by atoms with E-state index in [0.29, 0.717) is 35.7 Å². The third-order valence-corrected chi connectivity index (χ3v) is 4.46. The number of β-amino-alcohol motifs (C(OH)–C–C–N with tert-alkyl or cyclic N) is 1. The highest BCUT2D eigenvalue weighted by Crippen LogP contribution is 2.25. The minimum absolute atomic E-state index is 0.0120. The van der Waals surface area contributed by atoms with Crippen molar-refractivity contribution in [3.63, 3.8) is 0 Å². The smallest absolute Gasteiger partial charge is 0.256 e. The number of amides is 1. The summed E-state index contributed by atoms with van der Waals surface area (Å²) in [6, 6.07) is 7.20. The fourth-order valence-corrected chi connectivity index (χ4v) is 3.20. The van der Waals surface area contributed by atoms with Crippen LogP contribution in [0.25, 0.3) is 10.9 Å². The topological polar surface area (TPSA) is 56.7 Å². The van der Waals surface area contributed by atoms with Gasteiger partial charge in [-0.1, -0.05) is 11.6 Å². The normalized spacial score (nSPS) is 17.4. The van der Waals surface area contributed by atoms with Crippen LogP contribution >= 0.6 is 11.6 Å². The SMILES string of the molecule is CC(O)CN1CCN(C(=O)c2ccc(Cl)c3cccnc23)CC1. The van der Waals surface area contributed by atoms with E-state index in [9.17, 15) is 9.90 Å². The standard InChI is InChI=1S/C17H20ClN3O2/c1-12(22)11-20-7-9-21(10-8-20)17(23)14-4-5-15(18)13-3-2-6-19-16(13)14/h2-6,12,22H,7-11H2,1H3. The lowest BCUT2D eigenvalue weighted by Crippen LogP contribution is -2.50. The van der Waals surface area contributed by atoms with Gasteiger partial charge in [-0.3, -0.25) is 14.7 Å². The lowest BCUT2D eigenvalue weighted by atomic mass is 10.1. The molecule has 1 fully saturated rings. The number of halogens is 1. The Morgan fingerprint density at radius 3 is 2.74 bits per heavy atom. The number of pyridine rings is 1. The highest BCUT2D eigenvalue weighted by molar-refractivity contribution is 6.36. The van der Waals surface area contributed by atoms with Gasteiger partial charge in [0.1, 0.15) is 0 Å². The Morgan fingerprint density at radius 2 is 2.04 bits per heavy atom. The summed E-state index contributed by atoms with van der Waals surface area (Å²) in [6.45, 7) is 5.28. The maximum absolute atomic E-state index is 12.8. The molecular formula is C17H20ClN3O2. The Bertz CT molecular complexity index is 712. The minimum atomic E-state index is -0.346. The number of carbonyl (C=O) groups excluding carboxylic acids is 1. The molecular weight excluding hydrogens is 314 g/mol. The number of aliphatic hydroxyl groups excluding tert-OH is 1. The van der Waals surface area contributed by atoms with Crippen LogP contribution in [-0.4, -0.2) is 64.6 Å². The van der Waals surface area contributed by atoms with E-state index in [1.807, 2.05) is 17.0 Å². The van der Waals surface area contributed by atoms with Crippen LogP contribution in [0.3, 0.4) is 0 Å². The Hall–Kier alpha value is -1.69. The number of carbonyl (C=O) groups is 1. The maximum atomic E-state index is 12.8. The van der Waals surface area contributed by atoms with Crippen molar-refractivity contribution in [1.82, 2.24) is 14.8 Å². The van der Waals surface area contributed by atoms with Gasteiger partial charge in [0.05, 0.1) is 22.2 Å². The van der Waals surface area contributed by atoms with Crippen molar-refractivity contribution in [2.24, 2.45) is 0 Å². The summed E-state index contributed by atoms with van der Waals surface area (Å²) in [5, 5.41) is 10.9. The van der Waals surface area contributed by atoms with Gasteiger partial charge in [0.2, 0.25) is 0 Å². The van der Waals surface area contributed by atoms with E-state index in [4.69, 9.17) is 11.6 Å². The first-order valence-corrected chi connectivity index (χ1v) is 8.17. The molecule has 0 radical (unpaired) electrons. The molecule has 1 aliphatic heterocycles. The molecule has 0 bridgehead atoms. The zero-order valence-corrected chi connectivity index (χ0v) is 13.8. The molecule has 1 unspecified atom stereocenters. The Labute approximate surface area is 140 Å². The van der Waals surface area contributed by atoms with Gasteiger partial charge < -0.3 is 10.0 Å². The van der Waals surface area contributed by atoms with Gasteiger partial charge in [0.25, 0.3) is 5.91 Å². The van der Waals surface area contributed by atoms with Crippen LogP contribution < -0.4 is 0 Å². The quantitative estimate of drug-likeness (QED) is 0.933. The van der Waals surface area contributed by atoms with Crippen molar-refractivity contribution in [3.05, 3.63) is 41.0 Å². The molecule has 1 aromatic heterocycles. The van der Waals surface area contributed by atoms with Gasteiger partial charge in [0.15, 0.2) is 0 Å². The third kappa shape index (κ3) is 3.47. The van der Waals surface area contributed by atoms with Crippen molar-refractivity contribution in [3.8, 4) is 0 Å². The number of rotatable bonds is 3. The first-order valence-electron chi connectivity index (χ1n) is 7.79.